The van der Waals surface area contributed by atoms with Gasteiger partial charge in [-0.3, -0.25) is 0 Å². The van der Waals surface area contributed by atoms with Crippen molar-refractivity contribution in [2.45, 2.75) is 0 Å². The minimum atomic E-state index is -1.45. The van der Waals surface area contributed by atoms with Gasteiger partial charge in [0.05, 0.1) is 0 Å². The first-order valence-electron chi connectivity index (χ1n) is 9.44. The molecule has 146 valence electrons. The van der Waals surface area contributed by atoms with Crippen LogP contribution in [0.25, 0.3) is 43.9 Å². The van der Waals surface area contributed by atoms with E-state index in [1.807, 2.05) is 48.5 Å². The Labute approximate surface area is 186 Å². The van der Waals surface area contributed by atoms with E-state index in [2.05, 4.69) is 40.8 Å². The van der Waals surface area contributed by atoms with Crippen molar-refractivity contribution < 1.29 is 18.9 Å². The average Bonchev–Trinajstić information content (AvgIpc) is 3.31. The number of fused-ring (bicyclic) bond motifs is 6. The Morgan fingerprint density at radius 2 is 1.07 bits per heavy atom. The number of hydrogen-bond donors (Lipinski definition) is 2. The quantitative estimate of drug-likeness (QED) is 0.230. The molecule has 0 saturated heterocycles. The van der Waals surface area contributed by atoms with Crippen molar-refractivity contribution in [2.75, 3.05) is 0 Å². The van der Waals surface area contributed by atoms with Crippen LogP contribution in [0.5, 0.6) is 0 Å². The fourth-order valence-electron chi connectivity index (χ4n) is 3.60. The van der Waals surface area contributed by atoms with E-state index in [1.54, 1.807) is 18.2 Å². The van der Waals surface area contributed by atoms with Gasteiger partial charge in [-0.15, -0.1) is 0 Å². The Morgan fingerprint density at radius 1 is 0.567 bits per heavy atom. The Morgan fingerprint density at radius 3 is 1.67 bits per heavy atom. The van der Waals surface area contributed by atoms with E-state index in [9.17, 15) is 0 Å². The van der Waals surface area contributed by atoms with Gasteiger partial charge < -0.3 is 18.9 Å². The van der Waals surface area contributed by atoms with Crippen LogP contribution in [0.1, 0.15) is 0 Å². The molecule has 30 heavy (non-hydrogen) atoms. The second-order valence-electron chi connectivity index (χ2n) is 6.97. The van der Waals surface area contributed by atoms with Gasteiger partial charge in [0.25, 0.3) is 0 Å². The summed E-state index contributed by atoms with van der Waals surface area (Å²) in [5.41, 5.74) is 3.96. The first kappa shape index (κ1) is 19.2. The van der Waals surface area contributed by atoms with E-state index in [0.29, 0.717) is 5.46 Å². The van der Waals surface area contributed by atoms with Crippen molar-refractivity contribution in [1.82, 2.24) is 0 Å². The lowest BCUT2D eigenvalue weighted by Crippen LogP contribution is -2.29. The molecular formula is C24H16BIO4. The minimum absolute atomic E-state index is 0.471. The zero-order chi connectivity index (χ0) is 20.7. The lowest BCUT2D eigenvalue weighted by molar-refractivity contribution is 0.426. The number of hydrogen-bond acceptors (Lipinski definition) is 4. The van der Waals surface area contributed by atoms with Gasteiger partial charge in [0.2, 0.25) is 0 Å². The summed E-state index contributed by atoms with van der Waals surface area (Å²) in [5.74, 6) is 0. The van der Waals surface area contributed by atoms with Crippen LogP contribution < -0.4 is 5.46 Å². The van der Waals surface area contributed by atoms with Crippen LogP contribution in [0, 0.1) is 3.57 Å². The summed E-state index contributed by atoms with van der Waals surface area (Å²) < 4.78 is 12.6. The molecule has 0 aliphatic rings. The molecule has 6 aromatic rings. The average molecular weight is 506 g/mol. The molecule has 6 rings (SSSR count). The molecule has 4 nitrogen and oxygen atoms in total. The summed E-state index contributed by atoms with van der Waals surface area (Å²) in [5, 5.41) is 22.5. The van der Waals surface area contributed by atoms with Gasteiger partial charge in [-0.25, -0.2) is 0 Å². The fourth-order valence-corrected chi connectivity index (χ4v) is 4.09. The van der Waals surface area contributed by atoms with Gasteiger partial charge in [0.1, 0.15) is 22.3 Å². The molecule has 0 fully saturated rings. The molecule has 0 unspecified atom stereocenters. The maximum atomic E-state index is 9.12. The van der Waals surface area contributed by atoms with Crippen molar-refractivity contribution in [3.8, 4) is 0 Å². The molecule has 4 aromatic carbocycles. The molecule has 0 radical (unpaired) electrons. The van der Waals surface area contributed by atoms with E-state index in [4.69, 9.17) is 18.9 Å². The third-order valence-corrected chi connectivity index (χ3v) is 5.71. The topological polar surface area (TPSA) is 66.7 Å². The molecule has 0 atom stereocenters. The summed E-state index contributed by atoms with van der Waals surface area (Å²) in [4.78, 5) is 0. The van der Waals surface area contributed by atoms with Crippen LogP contribution in [0.3, 0.4) is 0 Å². The third-order valence-electron chi connectivity index (χ3n) is 5.04. The minimum Gasteiger partial charge on any atom is -0.456 e. The first-order valence-corrected chi connectivity index (χ1v) is 10.5. The second kappa shape index (κ2) is 7.79. The van der Waals surface area contributed by atoms with Crippen LogP contribution in [-0.2, 0) is 0 Å². The molecule has 0 spiro atoms. The molecule has 0 aliphatic heterocycles. The summed E-state index contributed by atoms with van der Waals surface area (Å²) in [6.07, 6.45) is 0. The highest BCUT2D eigenvalue weighted by Gasteiger charge is 2.13. The van der Waals surface area contributed by atoms with Crippen molar-refractivity contribution in [3.63, 3.8) is 0 Å². The van der Waals surface area contributed by atoms with Gasteiger partial charge in [-0.2, -0.15) is 0 Å². The highest BCUT2D eigenvalue weighted by Crippen LogP contribution is 2.29. The van der Waals surface area contributed by atoms with Crippen molar-refractivity contribution in [2.24, 2.45) is 0 Å². The van der Waals surface area contributed by atoms with E-state index in [-0.39, 0.29) is 0 Å². The van der Waals surface area contributed by atoms with Gasteiger partial charge in [-0.05, 0) is 64.5 Å². The lowest BCUT2D eigenvalue weighted by Gasteiger charge is -1.97. The number of rotatable bonds is 1. The van der Waals surface area contributed by atoms with Gasteiger partial charge in [0, 0.05) is 25.1 Å². The smallest absolute Gasteiger partial charge is 0.456 e. The maximum Gasteiger partial charge on any atom is 0.488 e. The summed E-state index contributed by atoms with van der Waals surface area (Å²) in [6, 6.07) is 27.2. The number of furan rings is 2. The summed E-state index contributed by atoms with van der Waals surface area (Å²) in [6.45, 7) is 0. The monoisotopic (exact) mass is 506 g/mol. The lowest BCUT2D eigenvalue weighted by atomic mass is 9.80. The van der Waals surface area contributed by atoms with E-state index in [1.165, 1.54) is 14.3 Å². The highest BCUT2D eigenvalue weighted by atomic mass is 127. The zero-order valence-corrected chi connectivity index (χ0v) is 17.9. The molecule has 2 aromatic heterocycles. The molecule has 0 bridgehead atoms. The molecule has 2 N–H and O–H groups in total. The van der Waals surface area contributed by atoms with Crippen LogP contribution >= 0.6 is 22.6 Å². The zero-order valence-electron chi connectivity index (χ0n) is 15.7. The standard InChI is InChI=1S/C12H9BO3.C12H7IO/c14-13(15)8-5-6-12-10(7-8)9-3-1-2-4-11(9)16-12;13-8-5-6-12-10(7-8)9-3-1-2-4-11(9)14-12/h1-7,14-15H;1-7H. The van der Waals surface area contributed by atoms with Crippen LogP contribution in [0.4, 0.5) is 0 Å². The fraction of sp³-hybridized carbons (Fsp3) is 0. The Hall–Kier alpha value is -2.81. The van der Waals surface area contributed by atoms with Crippen LogP contribution in [0.2, 0.25) is 0 Å². The largest absolute Gasteiger partial charge is 0.488 e. The Bertz CT molecular complexity index is 1500. The third kappa shape index (κ3) is 3.47. The van der Waals surface area contributed by atoms with Gasteiger partial charge in [0.15, 0.2) is 0 Å². The Balaban J connectivity index is 0.000000130. The maximum absolute atomic E-state index is 9.12. The number of benzene rings is 4. The summed E-state index contributed by atoms with van der Waals surface area (Å²) >= 11 is 2.32. The predicted molar refractivity (Wildman–Crippen MR) is 130 cm³/mol. The van der Waals surface area contributed by atoms with Gasteiger partial charge >= 0.3 is 7.12 Å². The molecule has 6 heteroatoms. The molecule has 0 amide bonds. The van der Waals surface area contributed by atoms with E-state index >= 15 is 0 Å². The Kier molecular flexibility index (Phi) is 4.98. The second-order valence-corrected chi connectivity index (χ2v) is 8.21. The predicted octanol–water partition coefficient (Wildman–Crippen LogP) is 5.46. The summed E-state index contributed by atoms with van der Waals surface area (Å²) in [7, 11) is -1.45. The van der Waals surface area contributed by atoms with E-state index in [0.717, 1.165) is 33.1 Å². The van der Waals surface area contributed by atoms with Crippen LogP contribution in [0.15, 0.2) is 93.8 Å². The molecule has 0 saturated carbocycles. The molecule has 2 heterocycles. The first-order chi connectivity index (χ1) is 14.6. The van der Waals surface area contributed by atoms with Crippen molar-refractivity contribution >= 4 is 79.0 Å². The normalized spacial score (nSPS) is 11.2. The number of para-hydroxylation sites is 2. The molecular weight excluding hydrogens is 490 g/mol. The SMILES string of the molecule is Ic1ccc2oc3ccccc3c2c1.OB(O)c1ccc2oc3ccccc3c2c1. The van der Waals surface area contributed by atoms with Gasteiger partial charge in [-0.1, -0.05) is 48.5 Å². The number of halogens is 1. The van der Waals surface area contributed by atoms with Crippen molar-refractivity contribution in [3.05, 3.63) is 88.5 Å². The van der Waals surface area contributed by atoms with Crippen LogP contribution in [-0.4, -0.2) is 17.2 Å². The van der Waals surface area contributed by atoms with Crippen molar-refractivity contribution in [1.29, 1.82) is 0 Å². The molecule has 0 aliphatic carbocycles. The van der Waals surface area contributed by atoms with E-state index < -0.39 is 7.12 Å². The highest BCUT2D eigenvalue weighted by molar-refractivity contribution is 14.1.